The van der Waals surface area contributed by atoms with Crippen molar-refractivity contribution in [3.63, 3.8) is 0 Å². The van der Waals surface area contributed by atoms with Crippen LogP contribution in [0, 0.1) is 12.8 Å². The highest BCUT2D eigenvalue weighted by Crippen LogP contribution is 2.42. The van der Waals surface area contributed by atoms with Gasteiger partial charge in [-0.25, -0.2) is 0 Å². The summed E-state index contributed by atoms with van der Waals surface area (Å²) in [6.45, 7) is 8.09. The lowest BCUT2D eigenvalue weighted by molar-refractivity contribution is -0.153. The van der Waals surface area contributed by atoms with Crippen molar-refractivity contribution in [1.82, 2.24) is 15.2 Å². The third-order valence-electron chi connectivity index (χ3n) is 5.84. The Morgan fingerprint density at radius 2 is 2.04 bits per heavy atom. The molecule has 4 rings (SSSR count). The molecule has 1 aromatic carbocycles. The van der Waals surface area contributed by atoms with Gasteiger partial charge in [0.05, 0.1) is 13.2 Å². The van der Waals surface area contributed by atoms with Crippen molar-refractivity contribution < 1.29 is 14.3 Å². The van der Waals surface area contributed by atoms with Crippen LogP contribution >= 0.6 is 0 Å². The molecule has 2 aliphatic heterocycles. The molecule has 3 unspecified atom stereocenters. The molecule has 2 amide bonds. The maximum Gasteiger partial charge on any atom is 0.246 e. The maximum absolute atomic E-state index is 13.0. The average molecular weight is 369 g/mol. The Morgan fingerprint density at radius 3 is 2.70 bits per heavy atom. The Bertz CT molecular complexity index is 930. The summed E-state index contributed by atoms with van der Waals surface area (Å²) in [5, 5.41) is 3.96. The fourth-order valence-corrected chi connectivity index (χ4v) is 4.58. The van der Waals surface area contributed by atoms with Gasteiger partial charge >= 0.3 is 0 Å². The molecule has 3 heterocycles. The zero-order valence-electron chi connectivity index (χ0n) is 16.6. The van der Waals surface area contributed by atoms with Crippen molar-refractivity contribution in [2.24, 2.45) is 5.92 Å². The standard InChI is InChI=1S/C21H27N3O3/c1-10(2)6-16-19-14(8-17-20(25)22-12(4)21(26)24(16)17)13-7-11(3)18(27-5)9-15(13)23-19/h7,9-10,12,16-17,23H,6,8H2,1-5H3,(H,22,25). The number of aromatic amines is 1. The van der Waals surface area contributed by atoms with Crippen molar-refractivity contribution in [1.29, 1.82) is 0 Å². The summed E-state index contributed by atoms with van der Waals surface area (Å²) in [4.78, 5) is 31.0. The molecule has 1 aromatic heterocycles. The predicted octanol–water partition coefficient (Wildman–Crippen LogP) is 2.84. The SMILES string of the molecule is COc1cc2[nH]c3c(c2cc1C)CC1C(=O)NC(C)C(=O)N1C3CC(C)C. The Morgan fingerprint density at radius 1 is 1.30 bits per heavy atom. The zero-order chi connectivity index (χ0) is 19.5. The average Bonchev–Trinajstić information content (AvgIpc) is 2.96. The van der Waals surface area contributed by atoms with Crippen molar-refractivity contribution in [3.8, 4) is 5.75 Å². The number of ether oxygens (including phenoxy) is 1. The van der Waals surface area contributed by atoms with E-state index in [1.807, 2.05) is 17.9 Å². The highest BCUT2D eigenvalue weighted by molar-refractivity contribution is 5.99. The Hall–Kier alpha value is -2.50. The minimum absolute atomic E-state index is 0.00307. The maximum atomic E-state index is 13.0. The van der Waals surface area contributed by atoms with Gasteiger partial charge in [-0.3, -0.25) is 9.59 Å². The third-order valence-corrected chi connectivity index (χ3v) is 5.84. The molecule has 0 radical (unpaired) electrons. The fraction of sp³-hybridized carbons (Fsp3) is 0.524. The number of hydrogen-bond donors (Lipinski definition) is 2. The van der Waals surface area contributed by atoms with Gasteiger partial charge in [0.15, 0.2) is 0 Å². The number of nitrogens with zero attached hydrogens (tertiary/aromatic N) is 1. The summed E-state index contributed by atoms with van der Waals surface area (Å²) in [6.07, 6.45) is 1.36. The number of carbonyl (C=O) groups excluding carboxylic acids is 2. The second kappa shape index (κ2) is 6.29. The first-order valence-electron chi connectivity index (χ1n) is 9.63. The van der Waals surface area contributed by atoms with Crippen LogP contribution in [0.25, 0.3) is 10.9 Å². The molecule has 144 valence electrons. The van der Waals surface area contributed by atoms with E-state index in [2.05, 4.69) is 30.2 Å². The first kappa shape index (κ1) is 17.9. The molecule has 2 aliphatic rings. The molecular weight excluding hydrogens is 342 g/mol. The van der Waals surface area contributed by atoms with Gasteiger partial charge in [0.25, 0.3) is 0 Å². The van der Waals surface area contributed by atoms with E-state index in [4.69, 9.17) is 4.74 Å². The molecule has 3 atom stereocenters. The third kappa shape index (κ3) is 2.69. The zero-order valence-corrected chi connectivity index (χ0v) is 16.6. The smallest absolute Gasteiger partial charge is 0.246 e. The van der Waals surface area contributed by atoms with E-state index in [0.717, 1.165) is 39.9 Å². The molecule has 6 nitrogen and oxygen atoms in total. The molecule has 0 bridgehead atoms. The number of fused-ring (bicyclic) bond motifs is 4. The number of nitrogens with one attached hydrogen (secondary N) is 2. The highest BCUT2D eigenvalue weighted by atomic mass is 16.5. The van der Waals surface area contributed by atoms with Gasteiger partial charge in [-0.15, -0.1) is 0 Å². The highest BCUT2D eigenvalue weighted by Gasteiger charge is 2.47. The van der Waals surface area contributed by atoms with Crippen molar-refractivity contribution >= 4 is 22.7 Å². The fourth-order valence-electron chi connectivity index (χ4n) is 4.58. The summed E-state index contributed by atoms with van der Waals surface area (Å²) in [5.74, 6) is 1.18. The quantitative estimate of drug-likeness (QED) is 0.874. The molecule has 0 aliphatic carbocycles. The molecule has 27 heavy (non-hydrogen) atoms. The number of methoxy groups -OCH3 is 1. The van der Waals surface area contributed by atoms with Crippen LogP contribution in [0.1, 0.15) is 50.1 Å². The number of amides is 2. The number of benzene rings is 1. The summed E-state index contributed by atoms with van der Waals surface area (Å²) in [6, 6.07) is 3.11. The number of H-pyrrole nitrogens is 1. The molecule has 1 saturated heterocycles. The minimum atomic E-state index is -0.475. The molecule has 0 spiro atoms. The van der Waals surface area contributed by atoms with Crippen LogP contribution in [0.4, 0.5) is 0 Å². The van der Waals surface area contributed by atoms with Crippen LogP contribution in [0.3, 0.4) is 0 Å². The Balaban J connectivity index is 1.91. The molecular formula is C21H27N3O3. The monoisotopic (exact) mass is 369 g/mol. The van der Waals surface area contributed by atoms with E-state index in [-0.39, 0.29) is 17.9 Å². The molecule has 2 N–H and O–H groups in total. The van der Waals surface area contributed by atoms with Gasteiger partial charge < -0.3 is 19.9 Å². The summed E-state index contributed by atoms with van der Waals surface area (Å²) >= 11 is 0. The van der Waals surface area contributed by atoms with Gasteiger partial charge in [-0.05, 0) is 43.4 Å². The number of carbonyl (C=O) groups is 2. The molecule has 1 fully saturated rings. The van der Waals surface area contributed by atoms with Gasteiger partial charge in [0.2, 0.25) is 11.8 Å². The molecule has 2 aromatic rings. The first-order valence-corrected chi connectivity index (χ1v) is 9.63. The van der Waals surface area contributed by atoms with Gasteiger partial charge in [0.1, 0.15) is 17.8 Å². The van der Waals surface area contributed by atoms with Crippen molar-refractivity contribution in [2.75, 3.05) is 7.11 Å². The van der Waals surface area contributed by atoms with E-state index < -0.39 is 12.1 Å². The van der Waals surface area contributed by atoms with Crippen LogP contribution in [0.15, 0.2) is 12.1 Å². The summed E-state index contributed by atoms with van der Waals surface area (Å²) in [7, 11) is 1.67. The number of hydrogen-bond acceptors (Lipinski definition) is 3. The largest absolute Gasteiger partial charge is 0.496 e. The normalized spacial score (nSPS) is 24.8. The Labute approximate surface area is 159 Å². The lowest BCUT2D eigenvalue weighted by Crippen LogP contribution is -2.65. The van der Waals surface area contributed by atoms with Crippen LogP contribution in [0.5, 0.6) is 5.75 Å². The lowest BCUT2D eigenvalue weighted by atomic mass is 9.85. The number of aromatic nitrogens is 1. The van der Waals surface area contributed by atoms with E-state index in [9.17, 15) is 9.59 Å². The van der Waals surface area contributed by atoms with E-state index in [1.165, 1.54) is 0 Å². The van der Waals surface area contributed by atoms with Gasteiger partial charge in [0, 0.05) is 29.1 Å². The predicted molar refractivity (Wildman–Crippen MR) is 104 cm³/mol. The molecule has 6 heteroatoms. The van der Waals surface area contributed by atoms with Crippen molar-refractivity contribution in [2.45, 2.75) is 58.7 Å². The van der Waals surface area contributed by atoms with E-state index in [0.29, 0.717) is 12.3 Å². The second-order valence-electron chi connectivity index (χ2n) is 8.23. The topological polar surface area (TPSA) is 74.4 Å². The Kier molecular flexibility index (Phi) is 4.17. The van der Waals surface area contributed by atoms with Crippen LogP contribution in [-0.4, -0.2) is 40.9 Å². The summed E-state index contributed by atoms with van der Waals surface area (Å²) in [5.41, 5.74) is 4.28. The lowest BCUT2D eigenvalue weighted by Gasteiger charge is -2.46. The van der Waals surface area contributed by atoms with Crippen molar-refractivity contribution in [3.05, 3.63) is 29.0 Å². The van der Waals surface area contributed by atoms with Crippen LogP contribution < -0.4 is 10.1 Å². The van der Waals surface area contributed by atoms with E-state index >= 15 is 0 Å². The number of rotatable bonds is 3. The second-order valence-corrected chi connectivity index (χ2v) is 8.23. The molecule has 0 saturated carbocycles. The number of piperazine rings is 1. The van der Waals surface area contributed by atoms with Gasteiger partial charge in [-0.1, -0.05) is 13.8 Å². The van der Waals surface area contributed by atoms with Gasteiger partial charge in [-0.2, -0.15) is 0 Å². The van der Waals surface area contributed by atoms with Crippen LogP contribution in [-0.2, 0) is 16.0 Å². The van der Waals surface area contributed by atoms with Crippen LogP contribution in [0.2, 0.25) is 0 Å². The minimum Gasteiger partial charge on any atom is -0.496 e. The first-order chi connectivity index (χ1) is 12.8. The summed E-state index contributed by atoms with van der Waals surface area (Å²) < 4.78 is 5.47. The number of aryl methyl sites for hydroxylation is 1. The van der Waals surface area contributed by atoms with E-state index in [1.54, 1.807) is 14.0 Å².